The summed E-state index contributed by atoms with van der Waals surface area (Å²) in [4.78, 5) is 16.9. The maximum Gasteiger partial charge on any atom is 0.244 e. The van der Waals surface area contributed by atoms with Gasteiger partial charge in [0.05, 0.1) is 10.9 Å². The largest absolute Gasteiger partial charge is 0.340 e. The van der Waals surface area contributed by atoms with E-state index in [2.05, 4.69) is 4.90 Å². The monoisotopic (exact) mass is 419 g/mol. The Balaban J connectivity index is 1.75. The number of piperazine rings is 1. The smallest absolute Gasteiger partial charge is 0.244 e. The van der Waals surface area contributed by atoms with Crippen molar-refractivity contribution in [2.75, 3.05) is 46.3 Å². The van der Waals surface area contributed by atoms with Gasteiger partial charge in [-0.3, -0.25) is 4.79 Å². The Morgan fingerprint density at radius 2 is 1.81 bits per heavy atom. The molecule has 0 aliphatic carbocycles. The van der Waals surface area contributed by atoms with Crippen LogP contribution in [0.25, 0.3) is 0 Å². The molecule has 3 rings (SSSR count). The summed E-state index contributed by atoms with van der Waals surface area (Å²) in [5.41, 5.74) is 0. The van der Waals surface area contributed by atoms with Crippen LogP contribution in [0.1, 0.15) is 12.8 Å². The quantitative estimate of drug-likeness (QED) is 0.752. The Morgan fingerprint density at radius 1 is 1.12 bits per heavy atom. The van der Waals surface area contributed by atoms with Crippen molar-refractivity contribution in [1.82, 2.24) is 14.1 Å². The molecule has 0 bridgehead atoms. The van der Waals surface area contributed by atoms with Crippen LogP contribution in [-0.2, 0) is 14.8 Å². The minimum atomic E-state index is -3.78. The van der Waals surface area contributed by atoms with Gasteiger partial charge < -0.3 is 9.80 Å². The molecule has 9 heteroatoms. The molecule has 144 valence electrons. The first-order chi connectivity index (χ1) is 12.3. The van der Waals surface area contributed by atoms with Crippen LogP contribution in [0.4, 0.5) is 0 Å². The molecular weight excluding hydrogens is 397 g/mol. The molecule has 0 saturated carbocycles. The predicted molar refractivity (Wildman–Crippen MR) is 102 cm³/mol. The van der Waals surface area contributed by atoms with Crippen molar-refractivity contribution in [3.63, 3.8) is 0 Å². The van der Waals surface area contributed by atoms with E-state index in [1.165, 1.54) is 16.4 Å². The molecule has 2 fully saturated rings. The molecule has 1 atom stereocenters. The molecule has 1 unspecified atom stereocenters. The fraction of sp³-hybridized carbons (Fsp3) is 0.588. The van der Waals surface area contributed by atoms with Gasteiger partial charge >= 0.3 is 0 Å². The molecule has 2 aliphatic rings. The fourth-order valence-electron chi connectivity index (χ4n) is 3.46. The van der Waals surface area contributed by atoms with Crippen molar-refractivity contribution in [1.29, 1.82) is 0 Å². The maximum atomic E-state index is 13.0. The van der Waals surface area contributed by atoms with Crippen molar-refractivity contribution in [2.24, 2.45) is 5.92 Å². The number of halogens is 2. The molecule has 0 spiro atoms. The van der Waals surface area contributed by atoms with Gasteiger partial charge in [-0.05, 0) is 38.1 Å². The van der Waals surface area contributed by atoms with E-state index >= 15 is 0 Å². The minimum absolute atomic E-state index is 0.000590. The number of amides is 1. The molecule has 1 aromatic rings. The van der Waals surface area contributed by atoms with Gasteiger partial charge in [0.2, 0.25) is 15.9 Å². The average molecular weight is 420 g/mol. The lowest BCUT2D eigenvalue weighted by Crippen LogP contribution is -2.52. The second-order valence-electron chi connectivity index (χ2n) is 6.91. The molecule has 2 saturated heterocycles. The number of likely N-dealkylation sites (N-methyl/N-ethyl adjacent to an activating group) is 1. The number of sulfonamides is 1. The van der Waals surface area contributed by atoms with Crippen molar-refractivity contribution >= 4 is 39.1 Å². The van der Waals surface area contributed by atoms with Gasteiger partial charge in [-0.2, -0.15) is 4.31 Å². The Morgan fingerprint density at radius 3 is 2.50 bits per heavy atom. The standard InChI is InChI=1S/C17H23Cl2N3O3S/c1-20-7-9-21(10-8-20)17(23)13-3-2-6-22(12-13)26(24,25)16-11-14(18)4-5-15(16)19/h4-5,11,13H,2-3,6-10,12H2,1H3. The lowest BCUT2D eigenvalue weighted by atomic mass is 9.98. The van der Waals surface area contributed by atoms with Crippen LogP contribution >= 0.6 is 23.2 Å². The Hall–Kier alpha value is -0.860. The van der Waals surface area contributed by atoms with Crippen molar-refractivity contribution in [3.8, 4) is 0 Å². The molecule has 0 aromatic heterocycles. The van der Waals surface area contributed by atoms with Crippen molar-refractivity contribution in [3.05, 3.63) is 28.2 Å². The summed E-state index contributed by atoms with van der Waals surface area (Å²) in [6, 6.07) is 4.40. The fourth-order valence-corrected chi connectivity index (χ4v) is 5.72. The first-order valence-corrected chi connectivity index (χ1v) is 10.9. The van der Waals surface area contributed by atoms with Crippen LogP contribution in [0.15, 0.2) is 23.1 Å². The average Bonchev–Trinajstić information content (AvgIpc) is 2.64. The number of carbonyl (C=O) groups excluding carboxylic acids is 1. The molecule has 26 heavy (non-hydrogen) atoms. The van der Waals surface area contributed by atoms with Crippen LogP contribution in [0, 0.1) is 5.92 Å². The number of benzene rings is 1. The lowest BCUT2D eigenvalue weighted by Gasteiger charge is -2.37. The third-order valence-corrected chi connectivity index (χ3v) is 7.64. The predicted octanol–water partition coefficient (Wildman–Crippen LogP) is 2.17. The molecular formula is C17H23Cl2N3O3S. The van der Waals surface area contributed by atoms with Gasteiger partial charge in [0.1, 0.15) is 4.90 Å². The van der Waals surface area contributed by atoms with E-state index in [1.54, 1.807) is 6.07 Å². The maximum absolute atomic E-state index is 13.0. The lowest BCUT2D eigenvalue weighted by molar-refractivity contribution is -0.138. The molecule has 1 aromatic carbocycles. The summed E-state index contributed by atoms with van der Waals surface area (Å²) in [5.74, 6) is -0.255. The van der Waals surface area contributed by atoms with Gasteiger partial charge in [-0.25, -0.2) is 8.42 Å². The van der Waals surface area contributed by atoms with E-state index in [-0.39, 0.29) is 28.3 Å². The molecule has 0 radical (unpaired) electrons. The van der Waals surface area contributed by atoms with Crippen LogP contribution in [-0.4, -0.2) is 74.7 Å². The Kier molecular flexibility index (Phi) is 6.14. The SMILES string of the molecule is CN1CCN(C(=O)C2CCCN(S(=O)(=O)c3cc(Cl)ccc3Cl)C2)CC1. The second-order valence-corrected chi connectivity index (χ2v) is 9.66. The van der Waals surface area contributed by atoms with Crippen LogP contribution in [0.3, 0.4) is 0 Å². The highest BCUT2D eigenvalue weighted by Gasteiger charge is 2.36. The summed E-state index contributed by atoms with van der Waals surface area (Å²) in [5, 5.41) is 0.456. The zero-order valence-corrected chi connectivity index (χ0v) is 17.0. The zero-order chi connectivity index (χ0) is 18.9. The van der Waals surface area contributed by atoms with E-state index in [0.29, 0.717) is 37.5 Å². The van der Waals surface area contributed by atoms with Gasteiger partial charge in [0.25, 0.3) is 0 Å². The van der Waals surface area contributed by atoms with Crippen LogP contribution in [0.2, 0.25) is 10.0 Å². The normalized spacial score (nSPS) is 23.2. The zero-order valence-electron chi connectivity index (χ0n) is 14.7. The van der Waals surface area contributed by atoms with E-state index in [4.69, 9.17) is 23.2 Å². The third kappa shape index (κ3) is 4.17. The van der Waals surface area contributed by atoms with Crippen molar-refractivity contribution < 1.29 is 13.2 Å². The highest BCUT2D eigenvalue weighted by molar-refractivity contribution is 7.89. The number of carbonyl (C=O) groups is 1. The summed E-state index contributed by atoms with van der Waals surface area (Å²) >= 11 is 12.0. The topological polar surface area (TPSA) is 60.9 Å². The van der Waals surface area contributed by atoms with Gasteiger partial charge in [0, 0.05) is 44.3 Å². The van der Waals surface area contributed by atoms with E-state index in [0.717, 1.165) is 13.1 Å². The van der Waals surface area contributed by atoms with Gasteiger partial charge in [0.15, 0.2) is 0 Å². The number of nitrogens with zero attached hydrogens (tertiary/aromatic N) is 3. The third-order valence-electron chi connectivity index (χ3n) is 5.06. The summed E-state index contributed by atoms with van der Waals surface area (Å²) in [6.45, 7) is 3.66. The molecule has 1 amide bonds. The molecule has 0 N–H and O–H groups in total. The van der Waals surface area contributed by atoms with Crippen LogP contribution in [0.5, 0.6) is 0 Å². The highest BCUT2D eigenvalue weighted by Crippen LogP contribution is 2.31. The Labute approximate surface area is 164 Å². The van der Waals surface area contributed by atoms with E-state index in [9.17, 15) is 13.2 Å². The highest BCUT2D eigenvalue weighted by atomic mass is 35.5. The number of hydrogen-bond acceptors (Lipinski definition) is 4. The number of piperidine rings is 1. The van der Waals surface area contributed by atoms with Crippen LogP contribution < -0.4 is 0 Å². The molecule has 6 nitrogen and oxygen atoms in total. The Bertz CT molecular complexity index is 779. The minimum Gasteiger partial charge on any atom is -0.340 e. The van der Waals surface area contributed by atoms with Gasteiger partial charge in [-0.1, -0.05) is 23.2 Å². The van der Waals surface area contributed by atoms with Crippen molar-refractivity contribution in [2.45, 2.75) is 17.7 Å². The van der Waals surface area contributed by atoms with E-state index < -0.39 is 10.0 Å². The molecule has 2 aliphatic heterocycles. The first-order valence-electron chi connectivity index (χ1n) is 8.71. The van der Waals surface area contributed by atoms with Gasteiger partial charge in [-0.15, -0.1) is 0 Å². The summed E-state index contributed by atoms with van der Waals surface area (Å²) < 4.78 is 27.4. The first kappa shape index (κ1) is 19.9. The number of rotatable bonds is 3. The molecule has 2 heterocycles. The number of hydrogen-bond donors (Lipinski definition) is 0. The summed E-state index contributed by atoms with van der Waals surface area (Å²) in [7, 11) is -1.75. The van der Waals surface area contributed by atoms with E-state index in [1.807, 2.05) is 11.9 Å². The second kappa shape index (κ2) is 8.02. The summed E-state index contributed by atoms with van der Waals surface area (Å²) in [6.07, 6.45) is 1.36.